The zero-order valence-corrected chi connectivity index (χ0v) is 33.8. The minimum Gasteiger partial charge on any atom is -0.508 e. The van der Waals surface area contributed by atoms with Gasteiger partial charge in [0.1, 0.15) is 5.75 Å². The molecule has 2 N–H and O–H groups in total. The maximum Gasteiger partial charge on any atom is 0.303 e. The van der Waals surface area contributed by atoms with Crippen LogP contribution >= 0.6 is 0 Å². The molecule has 3 aliphatic rings. The Kier molecular flexibility index (Phi) is 13.0. The highest BCUT2D eigenvalue weighted by Crippen LogP contribution is 2.50. The van der Waals surface area contributed by atoms with Gasteiger partial charge in [-0.3, -0.25) is 19.3 Å². The van der Waals surface area contributed by atoms with Gasteiger partial charge in [0.2, 0.25) is 11.8 Å². The van der Waals surface area contributed by atoms with Crippen molar-refractivity contribution < 1.29 is 33.8 Å². The molecule has 0 aromatic heterocycles. The fourth-order valence-electron chi connectivity index (χ4n) is 9.33. The SMILES string of the molecule is CCC/C(=C\c1cccc(O)c1)CC[C@H]1OC[C@H]2C1=C(CO[Si](c1ccccc1)(c1ccccc1)C(C)(C)C)C[C@H]1C(=O)N(CCCCCC(=O)O)C(=O)[C@H]12. The molecular weight excluding hydrogens is 707 g/mol. The Morgan fingerprint density at radius 2 is 1.58 bits per heavy atom. The molecule has 0 spiro atoms. The third-order valence-electron chi connectivity index (χ3n) is 11.8. The predicted octanol–water partition coefficient (Wildman–Crippen LogP) is 7.89. The first-order valence-electron chi connectivity index (χ1n) is 20.1. The van der Waals surface area contributed by atoms with Crippen molar-refractivity contribution in [3.63, 3.8) is 0 Å². The summed E-state index contributed by atoms with van der Waals surface area (Å²) < 4.78 is 14.1. The van der Waals surface area contributed by atoms with Crippen molar-refractivity contribution >= 4 is 42.6 Å². The van der Waals surface area contributed by atoms with Crippen molar-refractivity contribution in [1.29, 1.82) is 0 Å². The maximum atomic E-state index is 14.2. The molecule has 0 unspecified atom stereocenters. The lowest BCUT2D eigenvalue weighted by Crippen LogP contribution is -2.66. The van der Waals surface area contributed by atoms with E-state index in [9.17, 15) is 19.5 Å². The quantitative estimate of drug-likeness (QED) is 0.0623. The monoisotopic (exact) mass is 763 g/mol. The van der Waals surface area contributed by atoms with Crippen molar-refractivity contribution in [3.05, 3.63) is 107 Å². The molecule has 2 saturated heterocycles. The number of aliphatic carboxylic acids is 1. The van der Waals surface area contributed by atoms with E-state index in [1.165, 1.54) is 20.8 Å². The van der Waals surface area contributed by atoms with Crippen LogP contribution in [0.4, 0.5) is 0 Å². The number of carbonyl (C=O) groups is 3. The summed E-state index contributed by atoms with van der Waals surface area (Å²) in [5.41, 5.74) is 4.46. The van der Waals surface area contributed by atoms with Crippen LogP contribution in [-0.2, 0) is 23.5 Å². The molecular formula is C46H57NO7Si. The first-order chi connectivity index (χ1) is 26.4. The van der Waals surface area contributed by atoms with Crippen LogP contribution in [0, 0.1) is 17.8 Å². The molecule has 8 nitrogen and oxygen atoms in total. The van der Waals surface area contributed by atoms with E-state index in [1.54, 1.807) is 12.1 Å². The van der Waals surface area contributed by atoms with Crippen LogP contribution in [0.25, 0.3) is 6.08 Å². The zero-order chi connectivity index (χ0) is 39.2. The Morgan fingerprint density at radius 3 is 2.20 bits per heavy atom. The van der Waals surface area contributed by atoms with E-state index in [-0.39, 0.29) is 41.0 Å². The van der Waals surface area contributed by atoms with E-state index in [1.807, 2.05) is 24.3 Å². The number of unbranched alkanes of at least 4 members (excludes halogenated alkanes) is 2. The first-order valence-corrected chi connectivity index (χ1v) is 22.0. The number of imide groups is 1. The highest BCUT2D eigenvalue weighted by Gasteiger charge is 2.57. The van der Waals surface area contributed by atoms with Crippen LogP contribution in [0.2, 0.25) is 5.04 Å². The summed E-state index contributed by atoms with van der Waals surface area (Å²) in [6.45, 7) is 10.0. The third-order valence-corrected chi connectivity index (χ3v) is 16.8. The second-order valence-corrected chi connectivity index (χ2v) is 20.8. The molecule has 9 heteroatoms. The van der Waals surface area contributed by atoms with Crippen molar-refractivity contribution in [3.8, 4) is 5.75 Å². The van der Waals surface area contributed by atoms with Gasteiger partial charge in [0, 0.05) is 18.9 Å². The van der Waals surface area contributed by atoms with Gasteiger partial charge in [-0.1, -0.05) is 125 Å². The minimum absolute atomic E-state index is 0.0822. The van der Waals surface area contributed by atoms with Crippen molar-refractivity contribution in [2.75, 3.05) is 19.8 Å². The number of aromatic hydroxyl groups is 1. The number of nitrogens with zero attached hydrogens (tertiary/aromatic N) is 1. The molecule has 2 aliphatic heterocycles. The van der Waals surface area contributed by atoms with E-state index in [0.717, 1.165) is 42.4 Å². The highest BCUT2D eigenvalue weighted by atomic mass is 28.4. The topological polar surface area (TPSA) is 113 Å². The largest absolute Gasteiger partial charge is 0.508 e. The summed E-state index contributed by atoms with van der Waals surface area (Å²) in [5, 5.41) is 21.3. The molecule has 0 radical (unpaired) electrons. The molecule has 292 valence electrons. The van der Waals surface area contributed by atoms with Crippen LogP contribution in [0.3, 0.4) is 0 Å². The number of likely N-dealkylation sites (tertiary alicyclic amines) is 1. The molecule has 2 amide bonds. The van der Waals surface area contributed by atoms with E-state index in [4.69, 9.17) is 14.3 Å². The maximum absolute atomic E-state index is 14.2. The number of carboxylic acids is 1. The Morgan fingerprint density at radius 1 is 0.891 bits per heavy atom. The summed E-state index contributed by atoms with van der Waals surface area (Å²) in [7, 11) is -2.91. The molecule has 6 rings (SSSR count). The standard InChI is InChI=1S/C46H57NO7Si/c1-5-16-32(27-33-17-15-18-35(48)28-33)24-25-40-42-34(30-54-55(46(2,3)4,36-19-9-6-10-20-36)37-21-11-7-12-22-37)29-38-43(39(42)31-53-40)45(52)47(44(38)51)26-14-8-13-23-41(49)50/h6-7,9-12,15,17-22,27-28,38-40,43,48H,5,8,13-14,16,23-26,29-31H2,1-4H3,(H,49,50)/b32-27+/t38-,39+,40-,43-/m1/s1. The number of phenols is 1. The molecule has 0 saturated carbocycles. The number of allylic oxidation sites excluding steroid dienone is 1. The number of carboxylic acid groups (broad SMARTS) is 1. The van der Waals surface area contributed by atoms with Crippen LogP contribution in [0.1, 0.15) is 91.0 Å². The summed E-state index contributed by atoms with van der Waals surface area (Å²) >= 11 is 0. The Hall–Kier alpha value is -4.31. The third kappa shape index (κ3) is 8.74. The average molecular weight is 764 g/mol. The van der Waals surface area contributed by atoms with Gasteiger partial charge in [0.05, 0.1) is 31.2 Å². The van der Waals surface area contributed by atoms with E-state index < -0.39 is 26.1 Å². The lowest BCUT2D eigenvalue weighted by molar-refractivity contribution is -0.141. The predicted molar refractivity (Wildman–Crippen MR) is 218 cm³/mol. The van der Waals surface area contributed by atoms with Crippen molar-refractivity contribution in [2.45, 2.75) is 96.6 Å². The summed E-state index contributed by atoms with van der Waals surface area (Å²) in [6.07, 6.45) is 7.71. The summed E-state index contributed by atoms with van der Waals surface area (Å²) in [5.74, 6) is -2.00. The molecule has 4 atom stereocenters. The van der Waals surface area contributed by atoms with E-state index in [0.29, 0.717) is 45.4 Å². The van der Waals surface area contributed by atoms with Gasteiger partial charge in [0.25, 0.3) is 8.32 Å². The van der Waals surface area contributed by atoms with Crippen molar-refractivity contribution in [2.24, 2.45) is 17.8 Å². The van der Waals surface area contributed by atoms with Gasteiger partial charge in [-0.25, -0.2) is 0 Å². The van der Waals surface area contributed by atoms with Crippen LogP contribution < -0.4 is 10.4 Å². The number of fused-ring (bicyclic) bond motifs is 3. The number of rotatable bonds is 17. The number of hydrogen-bond donors (Lipinski definition) is 2. The van der Waals surface area contributed by atoms with Crippen LogP contribution in [0.5, 0.6) is 5.75 Å². The normalized spacial score (nSPS) is 21.6. The number of ether oxygens (including phenoxy) is 1. The number of benzene rings is 3. The highest BCUT2D eigenvalue weighted by molar-refractivity contribution is 6.99. The van der Waals surface area contributed by atoms with Gasteiger partial charge in [-0.2, -0.15) is 0 Å². The van der Waals surface area contributed by atoms with E-state index in [2.05, 4.69) is 82.3 Å². The number of amides is 2. The molecule has 55 heavy (non-hydrogen) atoms. The Balaban J connectivity index is 1.34. The zero-order valence-electron chi connectivity index (χ0n) is 32.8. The van der Waals surface area contributed by atoms with Gasteiger partial charge >= 0.3 is 5.97 Å². The van der Waals surface area contributed by atoms with Crippen LogP contribution in [-0.4, -0.2) is 67.1 Å². The lowest BCUT2D eigenvalue weighted by atomic mass is 9.69. The molecule has 1 aliphatic carbocycles. The van der Waals surface area contributed by atoms with E-state index >= 15 is 0 Å². The molecule has 2 heterocycles. The molecule has 0 bridgehead atoms. The second-order valence-electron chi connectivity index (χ2n) is 16.5. The lowest BCUT2D eigenvalue weighted by Gasteiger charge is -2.44. The fraction of sp³-hybridized carbons (Fsp3) is 0.457. The van der Waals surface area contributed by atoms with Gasteiger partial charge in [-0.15, -0.1) is 0 Å². The molecule has 3 aromatic carbocycles. The van der Waals surface area contributed by atoms with Crippen molar-refractivity contribution in [1.82, 2.24) is 4.90 Å². The van der Waals surface area contributed by atoms with Gasteiger partial charge in [0.15, 0.2) is 0 Å². The molecule has 2 fully saturated rings. The second kappa shape index (κ2) is 17.7. The number of phenolic OH excluding ortho intramolecular Hbond substituents is 1. The number of hydrogen-bond acceptors (Lipinski definition) is 6. The Labute approximate surface area is 327 Å². The van der Waals surface area contributed by atoms with Gasteiger partial charge in [-0.05, 0) is 82.8 Å². The smallest absolute Gasteiger partial charge is 0.303 e. The number of carbonyl (C=O) groups excluding carboxylic acids is 2. The molecule has 3 aromatic rings. The average Bonchev–Trinajstić information content (AvgIpc) is 3.68. The summed E-state index contributed by atoms with van der Waals surface area (Å²) in [4.78, 5) is 40.8. The van der Waals surface area contributed by atoms with Crippen LogP contribution in [0.15, 0.2) is 102 Å². The Bertz CT molecular complexity index is 1840. The first kappa shape index (κ1) is 40.4. The fourth-order valence-corrected chi connectivity index (χ4v) is 13.9. The summed E-state index contributed by atoms with van der Waals surface area (Å²) in [6, 6.07) is 28.5. The van der Waals surface area contributed by atoms with Gasteiger partial charge < -0.3 is 19.4 Å². The minimum atomic E-state index is -2.91.